The number of rotatable bonds is 3. The molecular weight excluding hydrogens is 284 g/mol. The topological polar surface area (TPSA) is 53.3 Å². The highest BCUT2D eigenvalue weighted by Crippen LogP contribution is 2.27. The Hall–Kier alpha value is -0.650. The maximum absolute atomic E-state index is 6.07. The van der Waals surface area contributed by atoms with Gasteiger partial charge in [0.1, 0.15) is 0 Å². The molecule has 4 N–H and O–H groups in total. The van der Waals surface area contributed by atoms with Crippen molar-refractivity contribution in [2.75, 3.05) is 26.2 Å². The van der Waals surface area contributed by atoms with Crippen LogP contribution in [0.1, 0.15) is 30.9 Å². The molecule has 3 unspecified atom stereocenters. The Balaban J connectivity index is 1.62. The number of nitrogens with two attached hydrogens (primary N) is 1. The second-order valence-electron chi connectivity index (χ2n) is 6.31. The van der Waals surface area contributed by atoms with E-state index in [1.54, 1.807) is 0 Å². The largest absolute Gasteiger partial charge is 0.328 e. The lowest BCUT2D eigenvalue weighted by molar-refractivity contribution is 0.232. The van der Waals surface area contributed by atoms with Crippen molar-refractivity contribution in [2.45, 2.75) is 31.3 Å². The van der Waals surface area contributed by atoms with Crippen LogP contribution in [0.15, 0.2) is 24.3 Å². The third kappa shape index (κ3) is 3.96. The van der Waals surface area contributed by atoms with Gasteiger partial charge < -0.3 is 10.6 Å². The summed E-state index contributed by atoms with van der Waals surface area (Å²) < 4.78 is 0. The van der Waals surface area contributed by atoms with Crippen LogP contribution in [-0.2, 0) is 0 Å². The van der Waals surface area contributed by atoms with E-state index >= 15 is 0 Å². The van der Waals surface area contributed by atoms with Crippen molar-refractivity contribution < 1.29 is 0 Å². The molecule has 5 heteroatoms. The summed E-state index contributed by atoms with van der Waals surface area (Å²) in [5.74, 6) is 0.584. The van der Waals surface area contributed by atoms with E-state index in [1.165, 1.54) is 18.5 Å². The highest BCUT2D eigenvalue weighted by molar-refractivity contribution is 6.30. The van der Waals surface area contributed by atoms with Gasteiger partial charge in [0.2, 0.25) is 0 Å². The van der Waals surface area contributed by atoms with Gasteiger partial charge in [-0.25, -0.2) is 5.43 Å². The zero-order valence-electron chi connectivity index (χ0n) is 12.4. The van der Waals surface area contributed by atoms with E-state index in [1.807, 2.05) is 12.1 Å². The molecule has 1 aromatic rings. The summed E-state index contributed by atoms with van der Waals surface area (Å²) in [5, 5.41) is 0.794. The number of nitrogens with one attached hydrogen (secondary N) is 2. The predicted molar refractivity (Wildman–Crippen MR) is 87.1 cm³/mol. The fourth-order valence-electron chi connectivity index (χ4n) is 3.43. The summed E-state index contributed by atoms with van der Waals surface area (Å²) in [4.78, 5) is 2.58. The minimum atomic E-state index is 0.360. The summed E-state index contributed by atoms with van der Waals surface area (Å²) >= 11 is 5.99. The molecule has 116 valence electrons. The van der Waals surface area contributed by atoms with Gasteiger partial charge in [-0.2, -0.15) is 0 Å². The SMILES string of the molecule is NC1CCCN(CC2CNNC2c2ccc(Cl)cc2)CC1. The number of hydrazine groups is 1. The number of hydrogen-bond donors (Lipinski definition) is 3. The van der Waals surface area contributed by atoms with Crippen LogP contribution in [0.4, 0.5) is 0 Å². The first kappa shape index (κ1) is 15.3. The van der Waals surface area contributed by atoms with Crippen LogP contribution >= 0.6 is 11.6 Å². The first-order valence-electron chi connectivity index (χ1n) is 7.94. The molecule has 1 aromatic carbocycles. The molecule has 0 spiro atoms. The minimum absolute atomic E-state index is 0.360. The molecule has 21 heavy (non-hydrogen) atoms. The van der Waals surface area contributed by atoms with Crippen molar-refractivity contribution in [3.63, 3.8) is 0 Å². The lowest BCUT2D eigenvalue weighted by Crippen LogP contribution is -2.34. The third-order valence-electron chi connectivity index (χ3n) is 4.68. The molecule has 2 aliphatic rings. The molecule has 0 aromatic heterocycles. The van der Waals surface area contributed by atoms with Gasteiger partial charge in [0.15, 0.2) is 0 Å². The summed E-state index contributed by atoms with van der Waals surface area (Å²) in [7, 11) is 0. The molecule has 0 radical (unpaired) electrons. The maximum atomic E-state index is 6.07. The molecule has 4 nitrogen and oxygen atoms in total. The predicted octanol–water partition coefficient (Wildman–Crippen LogP) is 1.92. The van der Waals surface area contributed by atoms with Gasteiger partial charge in [-0.1, -0.05) is 23.7 Å². The Morgan fingerprint density at radius 1 is 1.19 bits per heavy atom. The molecule has 2 heterocycles. The molecule has 0 aliphatic carbocycles. The van der Waals surface area contributed by atoms with Crippen molar-refractivity contribution in [1.29, 1.82) is 0 Å². The quantitative estimate of drug-likeness (QED) is 0.798. The van der Waals surface area contributed by atoms with Gasteiger partial charge in [-0.05, 0) is 50.0 Å². The molecule has 2 fully saturated rings. The Bertz CT molecular complexity index is 450. The minimum Gasteiger partial charge on any atom is -0.328 e. The van der Waals surface area contributed by atoms with Gasteiger partial charge in [-0.15, -0.1) is 0 Å². The van der Waals surface area contributed by atoms with Crippen LogP contribution < -0.4 is 16.6 Å². The number of hydrogen-bond acceptors (Lipinski definition) is 4. The van der Waals surface area contributed by atoms with E-state index in [0.717, 1.165) is 37.5 Å². The van der Waals surface area contributed by atoms with Crippen LogP contribution in [-0.4, -0.2) is 37.1 Å². The molecule has 0 saturated carbocycles. The zero-order chi connectivity index (χ0) is 14.7. The van der Waals surface area contributed by atoms with Gasteiger partial charge in [0.05, 0.1) is 6.04 Å². The fraction of sp³-hybridized carbons (Fsp3) is 0.625. The van der Waals surface area contributed by atoms with E-state index in [-0.39, 0.29) is 0 Å². The van der Waals surface area contributed by atoms with Gasteiger partial charge in [-0.3, -0.25) is 5.43 Å². The van der Waals surface area contributed by atoms with Crippen molar-refractivity contribution in [1.82, 2.24) is 15.8 Å². The van der Waals surface area contributed by atoms with E-state index < -0.39 is 0 Å². The second-order valence-corrected chi connectivity index (χ2v) is 6.74. The van der Waals surface area contributed by atoms with Crippen LogP contribution in [0.3, 0.4) is 0 Å². The van der Waals surface area contributed by atoms with Crippen molar-refractivity contribution in [3.05, 3.63) is 34.9 Å². The van der Waals surface area contributed by atoms with E-state index in [0.29, 0.717) is 18.0 Å². The average Bonchev–Trinajstić information content (AvgIpc) is 2.83. The maximum Gasteiger partial charge on any atom is 0.0515 e. The van der Waals surface area contributed by atoms with Crippen LogP contribution in [0.2, 0.25) is 5.02 Å². The van der Waals surface area contributed by atoms with E-state index in [9.17, 15) is 0 Å². The highest BCUT2D eigenvalue weighted by atomic mass is 35.5. The van der Waals surface area contributed by atoms with E-state index in [2.05, 4.69) is 27.9 Å². The smallest absolute Gasteiger partial charge is 0.0515 e. The standard InChI is InChI=1S/C16H25ClN4/c17-14-5-3-12(4-6-14)16-13(10-19-20-16)11-21-8-1-2-15(18)7-9-21/h3-6,13,15-16,19-20H,1-2,7-11,18H2. The summed E-state index contributed by atoms with van der Waals surface area (Å²) in [6.45, 7) is 4.44. The van der Waals surface area contributed by atoms with Crippen LogP contribution in [0, 0.1) is 5.92 Å². The summed E-state index contributed by atoms with van der Waals surface area (Å²) in [6.07, 6.45) is 3.51. The van der Waals surface area contributed by atoms with Crippen molar-refractivity contribution >= 4 is 11.6 Å². The Morgan fingerprint density at radius 2 is 2.00 bits per heavy atom. The Kier molecular flexibility index (Phi) is 5.14. The molecule has 0 bridgehead atoms. The number of nitrogens with zero attached hydrogens (tertiary/aromatic N) is 1. The molecule has 2 aliphatic heterocycles. The number of likely N-dealkylation sites (tertiary alicyclic amines) is 1. The lowest BCUT2D eigenvalue weighted by Gasteiger charge is -2.27. The third-order valence-corrected chi connectivity index (χ3v) is 4.93. The van der Waals surface area contributed by atoms with Crippen LogP contribution in [0.25, 0.3) is 0 Å². The zero-order valence-corrected chi connectivity index (χ0v) is 13.1. The van der Waals surface area contributed by atoms with Gasteiger partial charge in [0.25, 0.3) is 0 Å². The molecule has 3 atom stereocenters. The van der Waals surface area contributed by atoms with Crippen molar-refractivity contribution in [2.24, 2.45) is 11.7 Å². The Labute approximate surface area is 132 Å². The Morgan fingerprint density at radius 3 is 2.81 bits per heavy atom. The number of halogens is 1. The fourth-order valence-corrected chi connectivity index (χ4v) is 3.55. The van der Waals surface area contributed by atoms with Crippen LogP contribution in [0.5, 0.6) is 0 Å². The summed E-state index contributed by atoms with van der Waals surface area (Å²) in [6, 6.07) is 8.94. The first-order chi connectivity index (χ1) is 10.2. The first-order valence-corrected chi connectivity index (χ1v) is 8.32. The normalized spacial score (nSPS) is 31.2. The van der Waals surface area contributed by atoms with Gasteiger partial charge >= 0.3 is 0 Å². The molecule has 0 amide bonds. The monoisotopic (exact) mass is 308 g/mol. The summed E-state index contributed by atoms with van der Waals surface area (Å²) in [5.41, 5.74) is 14.1. The number of benzene rings is 1. The second kappa shape index (κ2) is 7.07. The van der Waals surface area contributed by atoms with Crippen molar-refractivity contribution in [3.8, 4) is 0 Å². The molecular formula is C16H25ClN4. The molecule has 3 rings (SSSR count). The molecule has 2 saturated heterocycles. The highest BCUT2D eigenvalue weighted by Gasteiger charge is 2.30. The van der Waals surface area contributed by atoms with E-state index in [4.69, 9.17) is 17.3 Å². The lowest BCUT2D eigenvalue weighted by atomic mass is 9.94. The van der Waals surface area contributed by atoms with Gasteiger partial charge in [0, 0.05) is 30.1 Å². The average molecular weight is 309 g/mol.